The molecule has 2 aliphatic rings. The summed E-state index contributed by atoms with van der Waals surface area (Å²) in [6, 6.07) is 11.0. The zero-order valence-electron chi connectivity index (χ0n) is 31.2. The fourth-order valence-corrected chi connectivity index (χ4v) is 7.64. The summed E-state index contributed by atoms with van der Waals surface area (Å²) in [7, 11) is -2.00. The molecule has 0 saturated heterocycles. The van der Waals surface area contributed by atoms with Gasteiger partial charge in [-0.2, -0.15) is 8.42 Å². The normalized spacial score (nSPS) is 20.5. The van der Waals surface area contributed by atoms with Crippen LogP contribution in [0.2, 0.25) is 5.02 Å². The molecule has 4 rings (SSSR count). The van der Waals surface area contributed by atoms with E-state index in [2.05, 4.69) is 28.1 Å². The van der Waals surface area contributed by atoms with Gasteiger partial charge in [0.05, 0.1) is 30.4 Å². The van der Waals surface area contributed by atoms with Crippen molar-refractivity contribution in [1.82, 2.24) is 16.0 Å². The number of carboxylic acids is 1. The second kappa shape index (κ2) is 17.9. The van der Waals surface area contributed by atoms with Crippen molar-refractivity contribution in [2.45, 2.75) is 84.4 Å². The summed E-state index contributed by atoms with van der Waals surface area (Å²) >= 11 is 6.33. The van der Waals surface area contributed by atoms with Crippen molar-refractivity contribution >= 4 is 45.4 Å². The average Bonchev–Trinajstić information content (AvgIpc) is 3.68. The van der Waals surface area contributed by atoms with Gasteiger partial charge in [0.15, 0.2) is 0 Å². The summed E-state index contributed by atoms with van der Waals surface area (Å²) in [5.74, 6) is 0.261. The van der Waals surface area contributed by atoms with Crippen LogP contribution in [0.1, 0.15) is 76.0 Å². The number of nitrogens with one attached hydrogen (secondary N) is 3. The van der Waals surface area contributed by atoms with Gasteiger partial charge < -0.3 is 25.8 Å². The molecular formula is C39H52ClN3O9S. The van der Waals surface area contributed by atoms with Crippen molar-refractivity contribution in [1.29, 1.82) is 0 Å². The van der Waals surface area contributed by atoms with Crippen molar-refractivity contribution in [3.8, 4) is 5.75 Å². The summed E-state index contributed by atoms with van der Waals surface area (Å²) in [5.41, 5.74) is 1.60. The number of benzene rings is 2. The Morgan fingerprint density at radius 1 is 1.04 bits per heavy atom. The molecule has 6 atom stereocenters. The molecule has 0 radical (unpaired) electrons. The van der Waals surface area contributed by atoms with Crippen molar-refractivity contribution in [3.05, 3.63) is 76.3 Å². The number of hydrogen-bond acceptors (Lipinski definition) is 8. The van der Waals surface area contributed by atoms with Gasteiger partial charge in [0, 0.05) is 13.0 Å². The van der Waals surface area contributed by atoms with Gasteiger partial charge in [-0.3, -0.25) is 18.6 Å². The number of carbonyl (C=O) groups is 4. The van der Waals surface area contributed by atoms with Gasteiger partial charge in [-0.25, -0.2) is 4.79 Å². The quantitative estimate of drug-likeness (QED) is 0.107. The van der Waals surface area contributed by atoms with Crippen molar-refractivity contribution in [2.24, 2.45) is 29.1 Å². The lowest BCUT2D eigenvalue weighted by molar-refractivity contribution is -0.144. The lowest BCUT2D eigenvalue weighted by Crippen LogP contribution is -2.53. The molecule has 2 aliphatic carbocycles. The van der Waals surface area contributed by atoms with Gasteiger partial charge in [0.25, 0.3) is 10.1 Å². The van der Waals surface area contributed by atoms with E-state index < -0.39 is 51.3 Å². The standard InChI is InChI=1S/C39H52ClN3O9S/c1-23(2)17-31(37(46)47)43-38(48)39(3,4)22-41-36(45)30(19-25-13-16-32(51-5)29(40)18-25)42-33(44)10-8-7-9-27-20-28-34(35(27)28)26-14-11-24(12-15-26)21-52-53(6,49)50/h8,10-16,18,23,27-28,30-31,34-35H,7,9,17,19-22H2,1-6H3,(H,41,45)(H,42,44)(H,43,48)(H,46,47)/b10-8+/t27?,28?,30-,31+,34+,35?/m1/s1. The molecule has 0 heterocycles. The number of fused-ring (bicyclic) bond motifs is 1. The van der Waals surface area contributed by atoms with Crippen LogP contribution in [0.25, 0.3) is 0 Å². The highest BCUT2D eigenvalue weighted by molar-refractivity contribution is 7.85. The Labute approximate surface area is 317 Å². The van der Waals surface area contributed by atoms with E-state index in [4.69, 9.17) is 20.5 Å². The van der Waals surface area contributed by atoms with E-state index >= 15 is 0 Å². The maximum atomic E-state index is 13.5. The predicted octanol–water partition coefficient (Wildman–Crippen LogP) is 5.00. The van der Waals surface area contributed by atoms with Gasteiger partial charge in [-0.05, 0) is 104 Å². The zero-order chi connectivity index (χ0) is 39.1. The third-order valence-corrected chi connectivity index (χ3v) is 10.9. The van der Waals surface area contributed by atoms with Gasteiger partial charge >= 0.3 is 5.97 Å². The van der Waals surface area contributed by atoms with Crippen LogP contribution in [0.4, 0.5) is 0 Å². The predicted molar refractivity (Wildman–Crippen MR) is 202 cm³/mol. The van der Waals surface area contributed by atoms with E-state index in [0.717, 1.165) is 24.7 Å². The van der Waals surface area contributed by atoms with Gasteiger partial charge in [-0.1, -0.05) is 61.9 Å². The molecule has 2 saturated carbocycles. The van der Waals surface area contributed by atoms with Crippen LogP contribution in [-0.2, 0) is 46.5 Å². The summed E-state index contributed by atoms with van der Waals surface area (Å²) in [6.07, 6.45) is 7.45. The number of rotatable bonds is 20. The van der Waals surface area contributed by atoms with Gasteiger partial charge in [0.1, 0.15) is 17.8 Å². The molecule has 4 N–H and O–H groups in total. The summed E-state index contributed by atoms with van der Waals surface area (Å²) in [6.45, 7) is 6.89. The second-order valence-electron chi connectivity index (χ2n) is 15.3. The Kier molecular flexibility index (Phi) is 14.1. The highest BCUT2D eigenvalue weighted by atomic mass is 35.5. The Morgan fingerprint density at radius 2 is 1.72 bits per heavy atom. The van der Waals surface area contributed by atoms with Crippen LogP contribution in [-0.4, -0.2) is 69.2 Å². The zero-order valence-corrected chi connectivity index (χ0v) is 32.8. The van der Waals surface area contributed by atoms with E-state index in [9.17, 15) is 32.7 Å². The van der Waals surface area contributed by atoms with E-state index in [1.54, 1.807) is 32.0 Å². The van der Waals surface area contributed by atoms with Crippen LogP contribution in [0.5, 0.6) is 5.75 Å². The third-order valence-electron chi connectivity index (χ3n) is 10.0. The van der Waals surface area contributed by atoms with Crippen molar-refractivity contribution < 1.29 is 41.6 Å². The largest absolute Gasteiger partial charge is 0.495 e. The number of methoxy groups -OCH3 is 1. The molecule has 290 valence electrons. The number of ether oxygens (including phenoxy) is 1. The number of carboxylic acid groups (broad SMARTS) is 1. The molecule has 0 aromatic heterocycles. The van der Waals surface area contributed by atoms with E-state index in [1.165, 1.54) is 18.7 Å². The number of allylic oxidation sites excluding steroid dienone is 1. The van der Waals surface area contributed by atoms with Crippen LogP contribution < -0.4 is 20.7 Å². The van der Waals surface area contributed by atoms with E-state index in [0.29, 0.717) is 46.4 Å². The highest BCUT2D eigenvalue weighted by Gasteiger charge is 2.62. The maximum Gasteiger partial charge on any atom is 0.326 e. The average molecular weight is 774 g/mol. The molecule has 0 spiro atoms. The fourth-order valence-electron chi connectivity index (χ4n) is 7.01. The lowest BCUT2D eigenvalue weighted by Gasteiger charge is -2.28. The molecule has 2 fully saturated rings. The lowest BCUT2D eigenvalue weighted by atomic mass is 9.82. The van der Waals surface area contributed by atoms with Crippen LogP contribution >= 0.6 is 11.6 Å². The number of halogens is 1. The molecule has 3 unspecified atom stereocenters. The van der Waals surface area contributed by atoms with Crippen molar-refractivity contribution in [3.63, 3.8) is 0 Å². The Morgan fingerprint density at radius 3 is 2.32 bits per heavy atom. The molecule has 0 bridgehead atoms. The summed E-state index contributed by atoms with van der Waals surface area (Å²) in [4.78, 5) is 51.4. The summed E-state index contributed by atoms with van der Waals surface area (Å²) < 4.78 is 32.7. The Hall–Kier alpha value is -3.94. The fraction of sp³-hybridized carbons (Fsp3) is 0.538. The molecule has 53 heavy (non-hydrogen) atoms. The minimum Gasteiger partial charge on any atom is -0.495 e. The Bertz CT molecular complexity index is 1780. The van der Waals surface area contributed by atoms with Crippen LogP contribution in [0.15, 0.2) is 54.6 Å². The van der Waals surface area contributed by atoms with Crippen molar-refractivity contribution in [2.75, 3.05) is 19.9 Å². The number of aliphatic carboxylic acids is 1. The second-order valence-corrected chi connectivity index (χ2v) is 17.3. The molecule has 12 nitrogen and oxygen atoms in total. The molecule has 2 aromatic carbocycles. The molecule has 3 amide bonds. The molecule has 2 aromatic rings. The SMILES string of the molecule is COc1ccc(C[C@@H](NC(=O)/C=C/CCC2CC3C2[C@H]3c2ccc(COS(C)(=O)=O)cc2)C(=O)NCC(C)(C)C(=O)N[C@@H](CC(C)C)C(=O)O)cc1Cl. The van der Waals surface area contributed by atoms with Crippen LogP contribution in [0.3, 0.4) is 0 Å². The number of carbonyl (C=O) groups excluding carboxylic acids is 3. The minimum absolute atomic E-state index is 0.0204. The Balaban J connectivity index is 1.31. The van der Waals surface area contributed by atoms with Crippen LogP contribution in [0, 0.1) is 29.1 Å². The molecular weight excluding hydrogens is 722 g/mol. The summed E-state index contributed by atoms with van der Waals surface area (Å²) in [5, 5.41) is 18.1. The number of amides is 3. The first-order valence-electron chi connectivity index (χ1n) is 17.9. The minimum atomic E-state index is -3.50. The topological polar surface area (TPSA) is 177 Å². The molecule has 0 aliphatic heterocycles. The first-order chi connectivity index (χ1) is 24.9. The first kappa shape index (κ1) is 41.8. The first-order valence-corrected chi connectivity index (χ1v) is 20.1. The third kappa shape index (κ3) is 12.0. The smallest absolute Gasteiger partial charge is 0.326 e. The van der Waals surface area contributed by atoms with Gasteiger partial charge in [-0.15, -0.1) is 0 Å². The highest BCUT2D eigenvalue weighted by Crippen LogP contribution is 2.70. The maximum absolute atomic E-state index is 13.5. The van der Waals surface area contributed by atoms with E-state index in [-0.39, 0.29) is 31.9 Å². The van der Waals surface area contributed by atoms with Gasteiger partial charge in [0.2, 0.25) is 17.7 Å². The van der Waals surface area contributed by atoms with E-state index in [1.807, 2.05) is 32.1 Å². The monoisotopic (exact) mass is 773 g/mol. The number of hydrogen-bond donors (Lipinski definition) is 4. The molecule has 14 heteroatoms.